The van der Waals surface area contributed by atoms with Gasteiger partial charge in [-0.15, -0.1) is 0 Å². The van der Waals surface area contributed by atoms with Crippen LogP contribution in [-0.2, 0) is 9.47 Å². The standard InChI is InChI=1S/C16H22O6/c1-5-9(3)21-15(19)11-7-8-12(17)13(14(11)18)16(20)22-10(4)6-2/h7-10,17-18H,5-6H2,1-4H3. The Kier molecular flexibility index (Phi) is 6.22. The van der Waals surface area contributed by atoms with Crippen molar-refractivity contribution in [3.63, 3.8) is 0 Å². The van der Waals surface area contributed by atoms with E-state index in [0.29, 0.717) is 12.8 Å². The van der Waals surface area contributed by atoms with Crippen LogP contribution < -0.4 is 0 Å². The fraction of sp³-hybridized carbons (Fsp3) is 0.500. The number of benzene rings is 1. The maximum absolute atomic E-state index is 12.0. The molecule has 0 aromatic heterocycles. The molecule has 0 saturated heterocycles. The van der Waals surface area contributed by atoms with Crippen molar-refractivity contribution in [2.45, 2.75) is 52.7 Å². The zero-order valence-electron chi connectivity index (χ0n) is 13.3. The molecule has 0 radical (unpaired) electrons. The smallest absolute Gasteiger partial charge is 0.346 e. The van der Waals surface area contributed by atoms with E-state index in [4.69, 9.17) is 9.47 Å². The van der Waals surface area contributed by atoms with Crippen molar-refractivity contribution in [1.29, 1.82) is 0 Å². The van der Waals surface area contributed by atoms with Gasteiger partial charge >= 0.3 is 11.9 Å². The van der Waals surface area contributed by atoms with Gasteiger partial charge in [-0.2, -0.15) is 0 Å². The van der Waals surface area contributed by atoms with Crippen molar-refractivity contribution in [3.8, 4) is 11.5 Å². The molecule has 2 unspecified atom stereocenters. The van der Waals surface area contributed by atoms with Gasteiger partial charge in [0.25, 0.3) is 0 Å². The lowest BCUT2D eigenvalue weighted by atomic mass is 10.1. The van der Waals surface area contributed by atoms with Crippen molar-refractivity contribution in [2.24, 2.45) is 0 Å². The number of rotatable bonds is 6. The first-order chi connectivity index (χ1) is 10.3. The van der Waals surface area contributed by atoms with Crippen molar-refractivity contribution >= 4 is 11.9 Å². The van der Waals surface area contributed by atoms with E-state index < -0.39 is 29.0 Å². The first-order valence-corrected chi connectivity index (χ1v) is 7.28. The molecule has 0 amide bonds. The van der Waals surface area contributed by atoms with E-state index in [2.05, 4.69) is 0 Å². The number of phenols is 2. The van der Waals surface area contributed by atoms with Crippen LogP contribution in [0.25, 0.3) is 0 Å². The van der Waals surface area contributed by atoms with Crippen LogP contribution in [0.15, 0.2) is 12.1 Å². The molecule has 0 aliphatic heterocycles. The number of hydrogen-bond acceptors (Lipinski definition) is 6. The quantitative estimate of drug-likeness (QED) is 0.785. The highest BCUT2D eigenvalue weighted by molar-refractivity contribution is 6.02. The van der Waals surface area contributed by atoms with E-state index in [1.807, 2.05) is 13.8 Å². The summed E-state index contributed by atoms with van der Waals surface area (Å²) in [7, 11) is 0. The first kappa shape index (κ1) is 17.8. The second kappa shape index (κ2) is 7.68. The lowest BCUT2D eigenvalue weighted by Gasteiger charge is -2.15. The van der Waals surface area contributed by atoms with E-state index in [0.717, 1.165) is 6.07 Å². The Morgan fingerprint density at radius 1 is 1.00 bits per heavy atom. The van der Waals surface area contributed by atoms with E-state index >= 15 is 0 Å². The zero-order chi connectivity index (χ0) is 16.9. The molecule has 0 bridgehead atoms. The molecule has 0 fully saturated rings. The number of carbonyl (C=O) groups is 2. The van der Waals surface area contributed by atoms with Gasteiger partial charge in [0.1, 0.15) is 22.6 Å². The highest BCUT2D eigenvalue weighted by Gasteiger charge is 2.26. The molecule has 1 rings (SSSR count). The van der Waals surface area contributed by atoms with Gasteiger partial charge < -0.3 is 19.7 Å². The molecule has 0 saturated carbocycles. The summed E-state index contributed by atoms with van der Waals surface area (Å²) >= 11 is 0. The second-order valence-corrected chi connectivity index (χ2v) is 5.10. The predicted molar refractivity (Wildman–Crippen MR) is 80.1 cm³/mol. The van der Waals surface area contributed by atoms with Gasteiger partial charge in [0.05, 0.1) is 12.2 Å². The summed E-state index contributed by atoms with van der Waals surface area (Å²) in [6.07, 6.45) is 0.509. The molecule has 0 spiro atoms. The Morgan fingerprint density at radius 3 is 2.00 bits per heavy atom. The van der Waals surface area contributed by atoms with Gasteiger partial charge in [0, 0.05) is 0 Å². The molecule has 122 valence electrons. The van der Waals surface area contributed by atoms with Crippen molar-refractivity contribution in [1.82, 2.24) is 0 Å². The van der Waals surface area contributed by atoms with Gasteiger partial charge in [-0.25, -0.2) is 9.59 Å². The summed E-state index contributed by atoms with van der Waals surface area (Å²) in [5, 5.41) is 19.9. The maximum atomic E-state index is 12.0. The third-order valence-corrected chi connectivity index (χ3v) is 3.35. The molecule has 6 nitrogen and oxygen atoms in total. The molecule has 0 heterocycles. The number of aromatic hydroxyl groups is 2. The van der Waals surface area contributed by atoms with Crippen LogP contribution in [0.4, 0.5) is 0 Å². The molecule has 2 N–H and O–H groups in total. The number of ether oxygens (including phenoxy) is 2. The lowest BCUT2D eigenvalue weighted by Crippen LogP contribution is -2.17. The fourth-order valence-corrected chi connectivity index (χ4v) is 1.60. The molecule has 0 aliphatic rings. The Hall–Kier alpha value is -2.24. The van der Waals surface area contributed by atoms with Crippen molar-refractivity contribution in [3.05, 3.63) is 23.3 Å². The Bertz CT molecular complexity index is 552. The molecule has 22 heavy (non-hydrogen) atoms. The minimum atomic E-state index is -0.887. The summed E-state index contributed by atoms with van der Waals surface area (Å²) in [6.45, 7) is 7.08. The number of phenolic OH excluding ortho intramolecular Hbond substituents is 2. The highest BCUT2D eigenvalue weighted by atomic mass is 16.5. The maximum Gasteiger partial charge on any atom is 0.346 e. The second-order valence-electron chi connectivity index (χ2n) is 5.10. The Morgan fingerprint density at radius 2 is 1.50 bits per heavy atom. The zero-order valence-corrected chi connectivity index (χ0v) is 13.3. The topological polar surface area (TPSA) is 93.1 Å². The average Bonchev–Trinajstić information content (AvgIpc) is 2.46. The summed E-state index contributed by atoms with van der Waals surface area (Å²) in [5.74, 6) is -2.74. The van der Waals surface area contributed by atoms with Gasteiger partial charge in [-0.05, 0) is 38.8 Å². The predicted octanol–water partition coefficient (Wildman–Crippen LogP) is 3.01. The molecule has 1 aromatic rings. The minimum Gasteiger partial charge on any atom is -0.507 e. The molecule has 1 aromatic carbocycles. The average molecular weight is 310 g/mol. The number of esters is 2. The molecule has 2 atom stereocenters. The highest BCUT2D eigenvalue weighted by Crippen LogP contribution is 2.32. The van der Waals surface area contributed by atoms with Crippen LogP contribution in [-0.4, -0.2) is 34.4 Å². The molecule has 0 aliphatic carbocycles. The van der Waals surface area contributed by atoms with Gasteiger partial charge in [-0.3, -0.25) is 0 Å². The van der Waals surface area contributed by atoms with E-state index in [1.54, 1.807) is 13.8 Å². The number of hydrogen-bond donors (Lipinski definition) is 2. The van der Waals surface area contributed by atoms with E-state index in [9.17, 15) is 19.8 Å². The molecular formula is C16H22O6. The summed E-state index contributed by atoms with van der Waals surface area (Å²) in [5.41, 5.74) is -0.617. The summed E-state index contributed by atoms with van der Waals surface area (Å²) < 4.78 is 10.2. The largest absolute Gasteiger partial charge is 0.507 e. The summed E-state index contributed by atoms with van der Waals surface area (Å²) in [6, 6.07) is 2.36. The molecule has 6 heteroatoms. The van der Waals surface area contributed by atoms with Crippen LogP contribution in [0.1, 0.15) is 61.3 Å². The van der Waals surface area contributed by atoms with E-state index in [1.165, 1.54) is 6.07 Å². The van der Waals surface area contributed by atoms with E-state index in [-0.39, 0.29) is 17.8 Å². The van der Waals surface area contributed by atoms with Crippen LogP contribution >= 0.6 is 0 Å². The van der Waals surface area contributed by atoms with Gasteiger partial charge in [-0.1, -0.05) is 13.8 Å². The Labute approximate surface area is 129 Å². The third kappa shape index (κ3) is 4.13. The first-order valence-electron chi connectivity index (χ1n) is 7.28. The molecular weight excluding hydrogens is 288 g/mol. The summed E-state index contributed by atoms with van der Waals surface area (Å²) in [4.78, 5) is 24.0. The third-order valence-electron chi connectivity index (χ3n) is 3.35. The van der Waals surface area contributed by atoms with Crippen LogP contribution in [0, 0.1) is 0 Å². The normalized spacial score (nSPS) is 13.3. The van der Waals surface area contributed by atoms with Crippen LogP contribution in [0.5, 0.6) is 11.5 Å². The minimum absolute atomic E-state index is 0.186. The van der Waals surface area contributed by atoms with Crippen LogP contribution in [0.2, 0.25) is 0 Å². The van der Waals surface area contributed by atoms with Gasteiger partial charge in [0.15, 0.2) is 0 Å². The van der Waals surface area contributed by atoms with Crippen molar-refractivity contribution in [2.75, 3.05) is 0 Å². The SMILES string of the molecule is CCC(C)OC(=O)c1ccc(O)c(C(=O)OC(C)CC)c1O. The number of carbonyl (C=O) groups excluding carboxylic acids is 2. The van der Waals surface area contributed by atoms with Gasteiger partial charge in [0.2, 0.25) is 0 Å². The Balaban J connectivity index is 3.12. The fourth-order valence-electron chi connectivity index (χ4n) is 1.60. The van der Waals surface area contributed by atoms with Crippen LogP contribution in [0.3, 0.4) is 0 Å². The lowest BCUT2D eigenvalue weighted by molar-refractivity contribution is 0.0325. The van der Waals surface area contributed by atoms with Crippen molar-refractivity contribution < 1.29 is 29.3 Å². The monoisotopic (exact) mass is 310 g/mol.